The summed E-state index contributed by atoms with van der Waals surface area (Å²) in [5.41, 5.74) is 0. The van der Waals surface area contributed by atoms with Crippen molar-refractivity contribution < 1.29 is 0 Å². The summed E-state index contributed by atoms with van der Waals surface area (Å²) in [5.74, 6) is -0.0139. The molecule has 0 rings (SSSR count). The Kier molecular flexibility index (Phi) is 7.55. The third-order valence-electron chi connectivity index (χ3n) is 2.06. The van der Waals surface area contributed by atoms with E-state index in [1.54, 1.807) is 0 Å². The maximum atomic E-state index is 3.50. The maximum Gasteiger partial charge on any atom is 0.123 e. The van der Waals surface area contributed by atoms with Crippen molar-refractivity contribution >= 4 is 10.2 Å². The highest BCUT2D eigenvalue weighted by molar-refractivity contribution is 6.08. The maximum absolute atomic E-state index is 3.50. The van der Waals surface area contributed by atoms with Gasteiger partial charge in [-0.15, -0.1) is 0 Å². The van der Waals surface area contributed by atoms with Gasteiger partial charge >= 0.3 is 0 Å². The lowest BCUT2D eigenvalue weighted by molar-refractivity contribution is 0.201. The van der Waals surface area contributed by atoms with E-state index < -0.39 is 0 Å². The molecule has 4 heteroatoms. The largest absolute Gasteiger partial charge is 0.287 e. The molecule has 0 amide bonds. The molecule has 80 valence electrons. The monoisotopic (exact) mass is 203 g/mol. The van der Waals surface area contributed by atoms with Crippen LogP contribution in [-0.2, 0) is 0 Å². The number of hydrogen-bond donors (Lipinski definition) is 3. The lowest BCUT2D eigenvalue weighted by Gasteiger charge is -2.36. The molecular formula is C9H25N3Si. The van der Waals surface area contributed by atoms with E-state index in [0.717, 1.165) is 19.6 Å². The van der Waals surface area contributed by atoms with Gasteiger partial charge < -0.3 is 0 Å². The fraction of sp³-hybridized carbons (Fsp3) is 1.00. The second-order valence-electron chi connectivity index (χ2n) is 3.25. The molecular weight excluding hydrogens is 178 g/mol. The molecule has 0 aliphatic rings. The molecule has 3 nitrogen and oxygen atoms in total. The first-order chi connectivity index (χ1) is 6.24. The van der Waals surface area contributed by atoms with Crippen molar-refractivity contribution in [3.8, 4) is 0 Å². The molecule has 0 aromatic heterocycles. The lowest BCUT2D eigenvalue weighted by Crippen LogP contribution is -2.66. The third kappa shape index (κ3) is 4.76. The lowest BCUT2D eigenvalue weighted by atomic mass is 10.2. The van der Waals surface area contributed by atoms with Crippen molar-refractivity contribution in [2.45, 2.75) is 39.0 Å². The Morgan fingerprint density at radius 2 is 1.31 bits per heavy atom. The zero-order valence-corrected chi connectivity index (χ0v) is 11.5. The van der Waals surface area contributed by atoms with Gasteiger partial charge in [0.1, 0.15) is 5.79 Å². The zero-order valence-electron chi connectivity index (χ0n) is 9.54. The molecule has 0 heterocycles. The molecule has 0 bridgehead atoms. The van der Waals surface area contributed by atoms with Crippen LogP contribution in [0.25, 0.3) is 0 Å². The Morgan fingerprint density at radius 1 is 0.923 bits per heavy atom. The average molecular weight is 203 g/mol. The highest BCUT2D eigenvalue weighted by Crippen LogP contribution is 2.04. The molecule has 13 heavy (non-hydrogen) atoms. The van der Waals surface area contributed by atoms with Gasteiger partial charge in [0, 0.05) is 10.2 Å². The van der Waals surface area contributed by atoms with Gasteiger partial charge in [-0.25, -0.2) is 0 Å². The quantitative estimate of drug-likeness (QED) is 0.373. The Bertz CT molecular complexity index is 89.9. The summed E-state index contributed by atoms with van der Waals surface area (Å²) in [5, 5.41) is 10.5. The van der Waals surface area contributed by atoms with Crippen LogP contribution in [0.4, 0.5) is 0 Å². The van der Waals surface area contributed by atoms with Gasteiger partial charge in [-0.05, 0) is 26.1 Å². The third-order valence-corrected chi connectivity index (χ3v) is 2.56. The molecule has 0 aromatic carbocycles. The van der Waals surface area contributed by atoms with Gasteiger partial charge in [-0.1, -0.05) is 26.8 Å². The van der Waals surface area contributed by atoms with Crippen LogP contribution in [0.15, 0.2) is 0 Å². The Balaban J connectivity index is 4.19. The summed E-state index contributed by atoms with van der Waals surface area (Å²) in [6.07, 6.45) is 1.18. The van der Waals surface area contributed by atoms with Gasteiger partial charge in [-0.2, -0.15) is 0 Å². The van der Waals surface area contributed by atoms with E-state index in [1.165, 1.54) is 22.7 Å². The Morgan fingerprint density at radius 3 is 1.54 bits per heavy atom. The Labute approximate surface area is 85.5 Å². The summed E-state index contributed by atoms with van der Waals surface area (Å²) < 4.78 is 0. The summed E-state index contributed by atoms with van der Waals surface area (Å²) in [6, 6.07) is 1.31. The molecule has 0 saturated carbocycles. The molecule has 0 aromatic rings. The molecule has 0 aliphatic carbocycles. The van der Waals surface area contributed by atoms with Crippen LogP contribution in [0.3, 0.4) is 0 Å². The van der Waals surface area contributed by atoms with Crippen molar-refractivity contribution in [1.29, 1.82) is 0 Å². The van der Waals surface area contributed by atoms with E-state index in [1.807, 2.05) is 0 Å². The molecule has 0 unspecified atom stereocenters. The van der Waals surface area contributed by atoms with Crippen LogP contribution in [-0.4, -0.2) is 35.7 Å². The molecule has 3 N–H and O–H groups in total. The van der Waals surface area contributed by atoms with Gasteiger partial charge in [0.05, 0.1) is 0 Å². The first-order valence-electron chi connectivity index (χ1n) is 5.49. The van der Waals surface area contributed by atoms with Crippen LogP contribution < -0.4 is 16.0 Å². The van der Waals surface area contributed by atoms with Crippen LogP contribution in [0.1, 0.15) is 27.2 Å². The van der Waals surface area contributed by atoms with E-state index in [-0.39, 0.29) is 5.79 Å². The van der Waals surface area contributed by atoms with E-state index in [4.69, 9.17) is 0 Å². The van der Waals surface area contributed by atoms with Crippen molar-refractivity contribution in [2.24, 2.45) is 0 Å². The van der Waals surface area contributed by atoms with E-state index in [9.17, 15) is 0 Å². The van der Waals surface area contributed by atoms with Crippen molar-refractivity contribution in [1.82, 2.24) is 16.0 Å². The van der Waals surface area contributed by atoms with E-state index in [2.05, 4.69) is 36.7 Å². The predicted octanol–water partition coefficient (Wildman–Crippen LogP) is -0.357. The fourth-order valence-corrected chi connectivity index (χ4v) is 2.48. The summed E-state index contributed by atoms with van der Waals surface area (Å²) in [7, 11) is 1.27. The van der Waals surface area contributed by atoms with Crippen molar-refractivity contribution in [3.63, 3.8) is 0 Å². The van der Waals surface area contributed by atoms with Crippen molar-refractivity contribution in [2.75, 3.05) is 19.6 Å². The molecule has 0 saturated heterocycles. The highest BCUT2D eigenvalue weighted by Gasteiger charge is 2.24. The number of rotatable bonds is 8. The normalized spacial score (nSPS) is 12.2. The smallest absolute Gasteiger partial charge is 0.123 e. The van der Waals surface area contributed by atoms with Gasteiger partial charge in [0.25, 0.3) is 0 Å². The molecule has 0 radical (unpaired) electrons. The SMILES string of the molecule is CCNC(CC[SiH3])(NCC)NCC. The molecule has 0 aliphatic heterocycles. The second-order valence-corrected chi connectivity index (χ2v) is 4.25. The second kappa shape index (κ2) is 7.50. The highest BCUT2D eigenvalue weighted by atomic mass is 28.1. The van der Waals surface area contributed by atoms with E-state index in [0.29, 0.717) is 0 Å². The standard InChI is InChI=1S/C9H25N3Si/c1-4-10-9(7-8-13,11-5-2)12-6-3/h10-12H,4-8H2,1-3,13H3. The van der Waals surface area contributed by atoms with Crippen molar-refractivity contribution in [3.05, 3.63) is 0 Å². The van der Waals surface area contributed by atoms with Gasteiger partial charge in [0.15, 0.2) is 0 Å². The van der Waals surface area contributed by atoms with E-state index >= 15 is 0 Å². The number of nitrogens with one attached hydrogen (secondary N) is 3. The van der Waals surface area contributed by atoms with Crippen LogP contribution >= 0.6 is 0 Å². The molecule has 0 fully saturated rings. The zero-order chi connectivity index (χ0) is 10.2. The van der Waals surface area contributed by atoms with Crippen LogP contribution in [0.2, 0.25) is 6.04 Å². The fourth-order valence-electron chi connectivity index (χ4n) is 1.73. The first-order valence-corrected chi connectivity index (χ1v) is 6.91. The topological polar surface area (TPSA) is 36.1 Å². The molecule has 0 spiro atoms. The minimum Gasteiger partial charge on any atom is -0.287 e. The van der Waals surface area contributed by atoms with Gasteiger partial charge in [0.2, 0.25) is 0 Å². The summed E-state index contributed by atoms with van der Waals surface area (Å²) >= 11 is 0. The van der Waals surface area contributed by atoms with Crippen LogP contribution in [0, 0.1) is 0 Å². The van der Waals surface area contributed by atoms with Gasteiger partial charge in [-0.3, -0.25) is 16.0 Å². The minimum absolute atomic E-state index is 0.0139. The summed E-state index contributed by atoms with van der Waals surface area (Å²) in [6.45, 7) is 9.45. The Hall–Kier alpha value is 0.0969. The summed E-state index contributed by atoms with van der Waals surface area (Å²) in [4.78, 5) is 0. The molecule has 0 atom stereocenters. The van der Waals surface area contributed by atoms with Crippen LogP contribution in [0.5, 0.6) is 0 Å². The average Bonchev–Trinajstić information content (AvgIpc) is 2.06. The predicted molar refractivity (Wildman–Crippen MR) is 63.1 cm³/mol. The number of hydrogen-bond acceptors (Lipinski definition) is 3. The first kappa shape index (κ1) is 13.1. The minimum atomic E-state index is -0.0139.